The zero-order valence-electron chi connectivity index (χ0n) is 10.9. The second-order valence-electron chi connectivity index (χ2n) is 4.23. The van der Waals surface area contributed by atoms with Crippen LogP contribution < -0.4 is 10.1 Å². The highest BCUT2D eigenvalue weighted by atomic mass is 79.9. The molecule has 2 rings (SSSR count). The molecule has 6 heteroatoms. The van der Waals surface area contributed by atoms with Crippen molar-refractivity contribution in [1.82, 2.24) is 5.32 Å². The Hall–Kier alpha value is -1.04. The first-order valence-electron chi connectivity index (χ1n) is 6.14. The molecule has 0 heterocycles. The minimum atomic E-state index is -0.204. The van der Waals surface area contributed by atoms with E-state index in [2.05, 4.69) is 37.2 Å². The van der Waals surface area contributed by atoms with Gasteiger partial charge in [0.25, 0.3) is 5.91 Å². The minimum absolute atomic E-state index is 0.0509. The highest BCUT2D eigenvalue weighted by Crippen LogP contribution is 2.28. The molecule has 0 saturated heterocycles. The van der Waals surface area contributed by atoms with E-state index in [1.165, 1.54) is 0 Å². The molecule has 2 aromatic carbocycles. The number of halogens is 3. The van der Waals surface area contributed by atoms with Gasteiger partial charge in [-0.2, -0.15) is 0 Å². The van der Waals surface area contributed by atoms with Crippen LogP contribution in [0.5, 0.6) is 5.75 Å². The molecule has 1 N–H and O–H groups in total. The van der Waals surface area contributed by atoms with Crippen molar-refractivity contribution in [3.8, 4) is 5.75 Å². The zero-order chi connectivity index (χ0) is 15.2. The van der Waals surface area contributed by atoms with E-state index in [0.29, 0.717) is 17.3 Å². The summed E-state index contributed by atoms with van der Waals surface area (Å²) in [6, 6.07) is 12.9. The Balaban J connectivity index is 1.84. The normalized spacial score (nSPS) is 10.2. The predicted molar refractivity (Wildman–Crippen MR) is 90.6 cm³/mol. The second kappa shape index (κ2) is 7.82. The van der Waals surface area contributed by atoms with Crippen LogP contribution in [0.4, 0.5) is 0 Å². The van der Waals surface area contributed by atoms with Crippen LogP contribution in [0.25, 0.3) is 0 Å². The molecule has 0 fully saturated rings. The van der Waals surface area contributed by atoms with Crippen LogP contribution in [0.15, 0.2) is 51.4 Å². The molecule has 110 valence electrons. The summed E-state index contributed by atoms with van der Waals surface area (Å²) in [5.41, 5.74) is 0.873. The third kappa shape index (κ3) is 5.02. The SMILES string of the molecule is O=C(COc1ccc(Br)cc1Br)NCc1ccccc1Cl. The lowest BCUT2D eigenvalue weighted by Crippen LogP contribution is -2.28. The Labute approximate surface area is 144 Å². The molecule has 1 amide bonds. The Morgan fingerprint density at radius 2 is 1.95 bits per heavy atom. The van der Waals surface area contributed by atoms with E-state index in [-0.39, 0.29) is 12.5 Å². The summed E-state index contributed by atoms with van der Waals surface area (Å²) in [6.45, 7) is 0.327. The first-order chi connectivity index (χ1) is 10.1. The summed E-state index contributed by atoms with van der Waals surface area (Å²) < 4.78 is 7.18. The van der Waals surface area contributed by atoms with Gasteiger partial charge < -0.3 is 10.1 Å². The molecule has 0 saturated carbocycles. The van der Waals surface area contributed by atoms with Crippen molar-refractivity contribution in [1.29, 1.82) is 0 Å². The molecular weight excluding hydrogens is 421 g/mol. The number of ether oxygens (including phenoxy) is 1. The Morgan fingerprint density at radius 3 is 2.67 bits per heavy atom. The van der Waals surface area contributed by atoms with Gasteiger partial charge in [0.2, 0.25) is 0 Å². The van der Waals surface area contributed by atoms with Crippen LogP contribution in [0.1, 0.15) is 5.56 Å². The van der Waals surface area contributed by atoms with Crippen LogP contribution in [-0.2, 0) is 11.3 Å². The maximum atomic E-state index is 11.8. The summed E-state index contributed by atoms with van der Waals surface area (Å²) >= 11 is 12.8. The molecular formula is C15H12Br2ClNO2. The first kappa shape index (κ1) is 16.3. The van der Waals surface area contributed by atoms with Crippen molar-refractivity contribution in [3.05, 3.63) is 62.0 Å². The number of nitrogens with one attached hydrogen (secondary N) is 1. The molecule has 3 nitrogen and oxygen atoms in total. The number of carbonyl (C=O) groups excluding carboxylic acids is 1. The largest absolute Gasteiger partial charge is 0.483 e. The molecule has 0 bridgehead atoms. The lowest BCUT2D eigenvalue weighted by atomic mass is 10.2. The van der Waals surface area contributed by atoms with E-state index in [1.54, 1.807) is 12.1 Å². The molecule has 0 spiro atoms. The number of amides is 1. The number of rotatable bonds is 5. The lowest BCUT2D eigenvalue weighted by molar-refractivity contribution is -0.123. The van der Waals surface area contributed by atoms with E-state index in [4.69, 9.17) is 16.3 Å². The van der Waals surface area contributed by atoms with E-state index < -0.39 is 0 Å². The maximum absolute atomic E-state index is 11.8. The topological polar surface area (TPSA) is 38.3 Å². The maximum Gasteiger partial charge on any atom is 0.258 e. The van der Waals surface area contributed by atoms with E-state index in [1.807, 2.05) is 30.3 Å². The monoisotopic (exact) mass is 431 g/mol. The molecule has 0 atom stereocenters. The third-order valence-corrected chi connectivity index (χ3v) is 4.17. The molecule has 0 aliphatic heterocycles. The number of benzene rings is 2. The van der Waals surface area contributed by atoms with Gasteiger partial charge in [-0.25, -0.2) is 0 Å². The number of carbonyl (C=O) groups is 1. The Bertz CT molecular complexity index is 649. The van der Waals surface area contributed by atoms with Crippen LogP contribution in [0.2, 0.25) is 5.02 Å². The van der Waals surface area contributed by atoms with Gasteiger partial charge >= 0.3 is 0 Å². The summed E-state index contributed by atoms with van der Waals surface area (Å²) in [5, 5.41) is 3.40. The fraction of sp³-hybridized carbons (Fsp3) is 0.133. The van der Waals surface area contributed by atoms with Crippen LogP contribution in [0, 0.1) is 0 Å². The predicted octanol–water partition coefficient (Wildman–Crippen LogP) is 4.56. The fourth-order valence-corrected chi connectivity index (χ4v) is 2.99. The van der Waals surface area contributed by atoms with E-state index >= 15 is 0 Å². The quantitative estimate of drug-likeness (QED) is 0.751. The second-order valence-corrected chi connectivity index (χ2v) is 6.41. The van der Waals surface area contributed by atoms with Crippen LogP contribution >= 0.6 is 43.5 Å². The first-order valence-corrected chi connectivity index (χ1v) is 8.10. The summed E-state index contributed by atoms with van der Waals surface area (Å²) in [7, 11) is 0. The Morgan fingerprint density at radius 1 is 1.19 bits per heavy atom. The number of hydrogen-bond acceptors (Lipinski definition) is 2. The van der Waals surface area contributed by atoms with Crippen LogP contribution in [0.3, 0.4) is 0 Å². The molecule has 0 aliphatic rings. The van der Waals surface area contributed by atoms with Crippen LogP contribution in [-0.4, -0.2) is 12.5 Å². The van der Waals surface area contributed by atoms with Gasteiger partial charge in [-0.15, -0.1) is 0 Å². The van der Waals surface area contributed by atoms with Crippen molar-refractivity contribution >= 4 is 49.4 Å². The zero-order valence-corrected chi connectivity index (χ0v) is 14.8. The summed E-state index contributed by atoms with van der Waals surface area (Å²) in [5.74, 6) is 0.413. The molecule has 0 aliphatic carbocycles. The average molecular weight is 434 g/mol. The standard InChI is InChI=1S/C15H12Br2ClNO2/c16-11-5-6-14(12(17)7-11)21-9-15(20)19-8-10-3-1-2-4-13(10)18/h1-7H,8-9H2,(H,19,20). The van der Waals surface area contributed by atoms with E-state index in [0.717, 1.165) is 14.5 Å². The van der Waals surface area contributed by atoms with E-state index in [9.17, 15) is 4.79 Å². The summed E-state index contributed by atoms with van der Waals surface area (Å²) in [4.78, 5) is 11.8. The highest BCUT2D eigenvalue weighted by molar-refractivity contribution is 9.11. The van der Waals surface area contributed by atoms with Gasteiger partial charge in [-0.1, -0.05) is 45.7 Å². The molecule has 2 aromatic rings. The average Bonchev–Trinajstić information content (AvgIpc) is 2.45. The van der Waals surface area contributed by atoms with Gasteiger partial charge in [0.1, 0.15) is 5.75 Å². The molecule has 0 radical (unpaired) electrons. The minimum Gasteiger partial charge on any atom is -0.483 e. The van der Waals surface area contributed by atoms with Crippen molar-refractivity contribution in [3.63, 3.8) is 0 Å². The van der Waals surface area contributed by atoms with Gasteiger partial charge in [0.05, 0.1) is 4.47 Å². The van der Waals surface area contributed by atoms with Crippen molar-refractivity contribution in [2.24, 2.45) is 0 Å². The Kier molecular flexibility index (Phi) is 6.08. The van der Waals surface area contributed by atoms with Crippen molar-refractivity contribution in [2.75, 3.05) is 6.61 Å². The van der Waals surface area contributed by atoms with Gasteiger partial charge in [0, 0.05) is 16.0 Å². The number of hydrogen-bond donors (Lipinski definition) is 1. The smallest absolute Gasteiger partial charge is 0.258 e. The highest BCUT2D eigenvalue weighted by Gasteiger charge is 2.07. The van der Waals surface area contributed by atoms with Crippen molar-refractivity contribution in [2.45, 2.75) is 6.54 Å². The molecule has 21 heavy (non-hydrogen) atoms. The lowest BCUT2D eigenvalue weighted by Gasteiger charge is -2.10. The van der Waals surface area contributed by atoms with Gasteiger partial charge in [0.15, 0.2) is 6.61 Å². The van der Waals surface area contributed by atoms with Crippen molar-refractivity contribution < 1.29 is 9.53 Å². The van der Waals surface area contributed by atoms with Gasteiger partial charge in [-0.05, 0) is 45.8 Å². The molecule has 0 aromatic heterocycles. The fourth-order valence-electron chi connectivity index (χ4n) is 1.62. The van der Waals surface area contributed by atoms with Gasteiger partial charge in [-0.3, -0.25) is 4.79 Å². The molecule has 0 unspecified atom stereocenters. The summed E-state index contributed by atoms with van der Waals surface area (Å²) in [6.07, 6.45) is 0. The third-order valence-electron chi connectivity index (χ3n) is 2.69.